The summed E-state index contributed by atoms with van der Waals surface area (Å²) in [6, 6.07) is 16.3. The van der Waals surface area contributed by atoms with Gasteiger partial charge in [0.1, 0.15) is 0 Å². The van der Waals surface area contributed by atoms with Crippen molar-refractivity contribution < 1.29 is 19.4 Å². The van der Waals surface area contributed by atoms with Crippen LogP contribution in [0.5, 0.6) is 0 Å². The third kappa shape index (κ3) is 5.94. The lowest BCUT2D eigenvalue weighted by Crippen LogP contribution is -2.38. The normalized spacial score (nSPS) is 14.4. The molecule has 3 N–H and O–H groups in total. The number of anilines is 2. The van der Waals surface area contributed by atoms with E-state index in [1.807, 2.05) is 36.4 Å². The van der Waals surface area contributed by atoms with Crippen molar-refractivity contribution in [2.75, 3.05) is 43.5 Å². The second kappa shape index (κ2) is 9.90. The molecule has 0 aromatic heterocycles. The average Bonchev–Trinajstić information content (AvgIpc) is 3.15. The number of nitrogens with zero attached hydrogens (tertiary/aromatic N) is 2. The molecule has 4 amide bonds. The number of likely N-dealkylation sites (N-methyl/N-ethyl adjacent to an activating group) is 1. The molecule has 0 spiro atoms. The molecule has 8 heteroatoms. The average molecular weight is 398 g/mol. The smallest absolute Gasteiger partial charge is 0.321 e. The van der Waals surface area contributed by atoms with Gasteiger partial charge in [0.05, 0.1) is 25.9 Å². The number of amides is 4. The number of urea groups is 2. The highest BCUT2D eigenvalue weighted by molar-refractivity contribution is 5.95. The summed E-state index contributed by atoms with van der Waals surface area (Å²) in [5.74, 6) is 0. The molecule has 1 atom stereocenters. The van der Waals surface area contributed by atoms with Gasteiger partial charge in [0.15, 0.2) is 0 Å². The second-order valence-electron chi connectivity index (χ2n) is 6.90. The Morgan fingerprint density at radius 3 is 2.79 bits per heavy atom. The minimum atomic E-state index is -0.797. The van der Waals surface area contributed by atoms with Crippen molar-refractivity contribution in [2.45, 2.75) is 12.7 Å². The lowest BCUT2D eigenvalue weighted by molar-refractivity contribution is 0.0188. The molecule has 154 valence electrons. The van der Waals surface area contributed by atoms with Crippen molar-refractivity contribution in [1.29, 1.82) is 0 Å². The maximum Gasteiger partial charge on any atom is 0.321 e. The highest BCUT2D eigenvalue weighted by atomic mass is 16.5. The summed E-state index contributed by atoms with van der Waals surface area (Å²) < 4.78 is 5.51. The molecule has 1 heterocycles. The fraction of sp³-hybridized carbons (Fsp3) is 0.333. The summed E-state index contributed by atoms with van der Waals surface area (Å²) in [4.78, 5) is 27.2. The predicted molar refractivity (Wildman–Crippen MR) is 111 cm³/mol. The summed E-state index contributed by atoms with van der Waals surface area (Å²) in [7, 11) is 1.60. The van der Waals surface area contributed by atoms with E-state index < -0.39 is 6.10 Å². The van der Waals surface area contributed by atoms with Gasteiger partial charge in [-0.1, -0.05) is 36.4 Å². The number of rotatable bonds is 8. The molecule has 1 aliphatic rings. The molecular weight excluding hydrogens is 372 g/mol. The Morgan fingerprint density at radius 1 is 1.28 bits per heavy atom. The standard InChI is InChI=1S/C21H26N4O4/c1-24(13-19(26)15-29-14-16-6-3-2-4-7-16)21(28)23-17-8-5-9-18(12-17)25-11-10-22-20(25)27/h2-9,12,19,26H,10-11,13-15H2,1H3,(H,22,27)(H,23,28). The van der Waals surface area contributed by atoms with Crippen molar-refractivity contribution >= 4 is 23.4 Å². The Hall–Kier alpha value is -3.10. The van der Waals surface area contributed by atoms with Gasteiger partial charge < -0.3 is 25.4 Å². The van der Waals surface area contributed by atoms with Crippen molar-refractivity contribution in [2.24, 2.45) is 0 Å². The van der Waals surface area contributed by atoms with Crippen LogP contribution in [0.4, 0.5) is 21.0 Å². The minimum Gasteiger partial charge on any atom is -0.389 e. The number of hydrogen-bond donors (Lipinski definition) is 3. The van der Waals surface area contributed by atoms with Crippen LogP contribution < -0.4 is 15.5 Å². The number of carbonyl (C=O) groups is 2. The van der Waals surface area contributed by atoms with Crippen LogP contribution in [0.25, 0.3) is 0 Å². The van der Waals surface area contributed by atoms with Crippen LogP contribution in [0.15, 0.2) is 54.6 Å². The number of hydrogen-bond acceptors (Lipinski definition) is 4. The topological polar surface area (TPSA) is 94.1 Å². The van der Waals surface area contributed by atoms with Gasteiger partial charge in [0.2, 0.25) is 0 Å². The van der Waals surface area contributed by atoms with Crippen LogP contribution in [-0.4, -0.2) is 61.5 Å². The zero-order valence-electron chi connectivity index (χ0n) is 16.4. The Bertz CT molecular complexity index is 830. The molecule has 1 saturated heterocycles. The molecule has 1 fully saturated rings. The van der Waals surface area contributed by atoms with E-state index in [1.165, 1.54) is 4.90 Å². The van der Waals surface area contributed by atoms with E-state index >= 15 is 0 Å². The SMILES string of the molecule is CN(CC(O)COCc1ccccc1)C(=O)Nc1cccc(N2CCNC2=O)c1. The number of carbonyl (C=O) groups excluding carboxylic acids is 2. The summed E-state index contributed by atoms with van der Waals surface area (Å²) >= 11 is 0. The third-order valence-corrected chi connectivity index (χ3v) is 4.52. The molecule has 1 aliphatic heterocycles. The second-order valence-corrected chi connectivity index (χ2v) is 6.90. The summed E-state index contributed by atoms with van der Waals surface area (Å²) in [6.07, 6.45) is -0.797. The fourth-order valence-corrected chi connectivity index (χ4v) is 3.03. The minimum absolute atomic E-state index is 0.131. The Kier molecular flexibility index (Phi) is 7.04. The molecule has 0 bridgehead atoms. The maximum atomic E-state index is 12.4. The first-order valence-corrected chi connectivity index (χ1v) is 9.50. The molecular formula is C21H26N4O4. The first-order chi connectivity index (χ1) is 14.0. The molecule has 2 aromatic carbocycles. The van der Waals surface area contributed by atoms with E-state index in [0.717, 1.165) is 11.3 Å². The van der Waals surface area contributed by atoms with Gasteiger partial charge in [0, 0.05) is 31.5 Å². The van der Waals surface area contributed by atoms with Crippen LogP contribution in [0.3, 0.4) is 0 Å². The van der Waals surface area contributed by atoms with Gasteiger partial charge in [-0.05, 0) is 23.8 Å². The zero-order valence-corrected chi connectivity index (χ0v) is 16.4. The quantitative estimate of drug-likeness (QED) is 0.636. The summed E-state index contributed by atoms with van der Waals surface area (Å²) in [5.41, 5.74) is 2.32. The lowest BCUT2D eigenvalue weighted by atomic mass is 10.2. The van der Waals surface area contributed by atoms with Gasteiger partial charge in [-0.15, -0.1) is 0 Å². The molecule has 0 aliphatic carbocycles. The Morgan fingerprint density at radius 2 is 2.07 bits per heavy atom. The number of benzene rings is 2. The number of ether oxygens (including phenoxy) is 1. The van der Waals surface area contributed by atoms with Gasteiger partial charge in [-0.3, -0.25) is 4.90 Å². The molecule has 3 rings (SSSR count). The number of aliphatic hydroxyl groups is 1. The molecule has 2 aromatic rings. The van der Waals surface area contributed by atoms with Crippen LogP contribution in [0, 0.1) is 0 Å². The monoisotopic (exact) mass is 398 g/mol. The molecule has 29 heavy (non-hydrogen) atoms. The van der Waals surface area contributed by atoms with E-state index in [4.69, 9.17) is 4.74 Å². The Labute approximate surface area is 170 Å². The largest absolute Gasteiger partial charge is 0.389 e. The van der Waals surface area contributed by atoms with Crippen molar-refractivity contribution in [3.63, 3.8) is 0 Å². The predicted octanol–water partition coefficient (Wildman–Crippen LogP) is 2.26. The highest BCUT2D eigenvalue weighted by Crippen LogP contribution is 2.21. The van der Waals surface area contributed by atoms with E-state index in [2.05, 4.69) is 10.6 Å². The fourth-order valence-electron chi connectivity index (χ4n) is 3.03. The van der Waals surface area contributed by atoms with E-state index in [1.54, 1.807) is 30.1 Å². The van der Waals surface area contributed by atoms with Crippen molar-refractivity contribution in [1.82, 2.24) is 10.2 Å². The molecule has 0 radical (unpaired) electrons. The third-order valence-electron chi connectivity index (χ3n) is 4.52. The molecule has 1 unspecified atom stereocenters. The van der Waals surface area contributed by atoms with Crippen molar-refractivity contribution in [3.05, 3.63) is 60.2 Å². The van der Waals surface area contributed by atoms with Gasteiger partial charge >= 0.3 is 12.1 Å². The first-order valence-electron chi connectivity index (χ1n) is 9.50. The molecule has 0 saturated carbocycles. The number of nitrogens with one attached hydrogen (secondary N) is 2. The van der Waals surface area contributed by atoms with Crippen LogP contribution in [0.2, 0.25) is 0 Å². The Balaban J connectivity index is 1.45. The van der Waals surface area contributed by atoms with Crippen LogP contribution in [0.1, 0.15) is 5.56 Å². The van der Waals surface area contributed by atoms with E-state index in [-0.39, 0.29) is 25.2 Å². The van der Waals surface area contributed by atoms with E-state index in [0.29, 0.717) is 25.4 Å². The van der Waals surface area contributed by atoms with Crippen molar-refractivity contribution in [3.8, 4) is 0 Å². The highest BCUT2D eigenvalue weighted by Gasteiger charge is 2.21. The first kappa shape index (κ1) is 20.6. The van der Waals surface area contributed by atoms with Gasteiger partial charge in [0.25, 0.3) is 0 Å². The maximum absolute atomic E-state index is 12.4. The summed E-state index contributed by atoms with van der Waals surface area (Å²) in [5, 5.41) is 15.7. The van der Waals surface area contributed by atoms with E-state index in [9.17, 15) is 14.7 Å². The van der Waals surface area contributed by atoms with Gasteiger partial charge in [-0.25, -0.2) is 9.59 Å². The zero-order chi connectivity index (χ0) is 20.6. The lowest BCUT2D eigenvalue weighted by Gasteiger charge is -2.22. The van der Waals surface area contributed by atoms with Crippen LogP contribution in [-0.2, 0) is 11.3 Å². The molecule has 8 nitrogen and oxygen atoms in total. The van der Waals surface area contributed by atoms with Gasteiger partial charge in [-0.2, -0.15) is 0 Å². The summed E-state index contributed by atoms with van der Waals surface area (Å²) in [6.45, 7) is 1.86. The number of aliphatic hydroxyl groups excluding tert-OH is 1. The van der Waals surface area contributed by atoms with Crippen LogP contribution >= 0.6 is 0 Å².